The monoisotopic (exact) mass is 286 g/mol. The zero-order valence-corrected chi connectivity index (χ0v) is 12.1. The molecule has 0 aliphatic carbocycles. The molecule has 1 N–H and O–H groups in total. The Labute approximate surface area is 123 Å². The number of rotatable bonds is 6. The maximum atomic E-state index is 11.4. The molecule has 0 amide bonds. The van der Waals surface area contributed by atoms with Gasteiger partial charge in [-0.15, -0.1) is 0 Å². The van der Waals surface area contributed by atoms with E-state index in [0.717, 1.165) is 5.69 Å². The van der Waals surface area contributed by atoms with Gasteiger partial charge in [0.15, 0.2) is 0 Å². The summed E-state index contributed by atoms with van der Waals surface area (Å²) >= 11 is 0. The lowest BCUT2D eigenvalue weighted by molar-refractivity contribution is -0.383. The van der Waals surface area contributed by atoms with Gasteiger partial charge in [-0.25, -0.2) is 0 Å². The number of hydrogen-bond donors (Lipinski definition) is 1. The van der Waals surface area contributed by atoms with Crippen LogP contribution >= 0.6 is 0 Å². The fourth-order valence-electron chi connectivity index (χ4n) is 2.18. The normalized spacial score (nSPS) is 10.2. The number of nitrogens with one attached hydrogen (secondary N) is 1. The molecule has 110 valence electrons. The Bertz CT molecular complexity index is 616. The molecule has 0 spiro atoms. The highest BCUT2D eigenvalue weighted by Crippen LogP contribution is 2.35. The zero-order chi connectivity index (χ0) is 15.2. The fraction of sp³-hybridized carbons (Fsp3) is 0.267. The Morgan fingerprint density at radius 1 is 1.29 bits per heavy atom. The maximum absolute atomic E-state index is 11.4. The first-order valence-corrected chi connectivity index (χ1v) is 6.75. The van der Waals surface area contributed by atoms with Crippen molar-refractivity contribution in [2.75, 3.05) is 23.8 Å². The lowest BCUT2D eigenvalue weighted by atomic mass is 10.2. The van der Waals surface area contributed by atoms with Crippen molar-refractivity contribution in [3.8, 4) is 0 Å². The second-order valence-corrected chi connectivity index (χ2v) is 4.64. The van der Waals surface area contributed by atoms with Crippen molar-refractivity contribution in [1.29, 1.82) is 0 Å². The van der Waals surface area contributed by atoms with E-state index < -0.39 is 0 Å². The number of nitrogens with zero attached hydrogens (tertiary/aromatic N) is 3. The quantitative estimate of drug-likeness (QED) is 0.652. The summed E-state index contributed by atoms with van der Waals surface area (Å²) in [4.78, 5) is 17.1. The minimum Gasteiger partial charge on any atom is -0.380 e. The first kappa shape index (κ1) is 14.8. The van der Waals surface area contributed by atoms with Crippen LogP contribution in [0, 0.1) is 10.1 Å². The molecule has 0 aliphatic heterocycles. The molecule has 1 aromatic carbocycles. The molecule has 1 heterocycles. The third kappa shape index (κ3) is 3.47. The molecule has 0 aliphatic rings. The van der Waals surface area contributed by atoms with Gasteiger partial charge in [-0.1, -0.05) is 12.1 Å². The molecule has 6 heteroatoms. The summed E-state index contributed by atoms with van der Waals surface area (Å²) in [6, 6.07) is 10.9. The van der Waals surface area contributed by atoms with Crippen molar-refractivity contribution < 1.29 is 4.92 Å². The summed E-state index contributed by atoms with van der Waals surface area (Å²) < 4.78 is 0. The van der Waals surface area contributed by atoms with Gasteiger partial charge in [0, 0.05) is 19.8 Å². The number of hydrogen-bond acceptors (Lipinski definition) is 5. The second kappa shape index (κ2) is 6.69. The molecular weight excluding hydrogens is 268 g/mol. The second-order valence-electron chi connectivity index (χ2n) is 4.64. The van der Waals surface area contributed by atoms with Gasteiger partial charge < -0.3 is 10.2 Å². The molecular formula is C15H18N4O2. The molecule has 0 bridgehead atoms. The van der Waals surface area contributed by atoms with Gasteiger partial charge >= 0.3 is 5.69 Å². The molecule has 2 rings (SSSR count). The van der Waals surface area contributed by atoms with E-state index in [2.05, 4.69) is 10.3 Å². The van der Waals surface area contributed by atoms with E-state index in [1.807, 2.05) is 43.1 Å². The fourth-order valence-corrected chi connectivity index (χ4v) is 2.18. The van der Waals surface area contributed by atoms with Crippen molar-refractivity contribution in [3.05, 3.63) is 58.4 Å². The number of benzene rings is 1. The summed E-state index contributed by atoms with van der Waals surface area (Å²) in [5, 5.41) is 14.4. The standard InChI is InChI=1S/C15H18N4O2/c1-3-16-13-8-6-9-14(15(13)19(20)21)18(2)11-12-7-4-5-10-17-12/h4-10,16H,3,11H2,1-2H3. The van der Waals surface area contributed by atoms with E-state index in [4.69, 9.17) is 0 Å². The van der Waals surface area contributed by atoms with E-state index in [9.17, 15) is 10.1 Å². The van der Waals surface area contributed by atoms with Crippen LogP contribution in [0.2, 0.25) is 0 Å². The smallest absolute Gasteiger partial charge is 0.315 e. The lowest BCUT2D eigenvalue weighted by Gasteiger charge is -2.20. The van der Waals surface area contributed by atoms with Crippen LogP contribution in [-0.2, 0) is 6.54 Å². The molecule has 0 unspecified atom stereocenters. The zero-order valence-electron chi connectivity index (χ0n) is 12.1. The number of anilines is 2. The predicted molar refractivity (Wildman–Crippen MR) is 83.6 cm³/mol. The van der Waals surface area contributed by atoms with Crippen molar-refractivity contribution in [1.82, 2.24) is 4.98 Å². The Hall–Kier alpha value is -2.63. The van der Waals surface area contributed by atoms with Gasteiger partial charge in [0.2, 0.25) is 0 Å². The van der Waals surface area contributed by atoms with Gasteiger partial charge in [-0.3, -0.25) is 15.1 Å². The summed E-state index contributed by atoms with van der Waals surface area (Å²) in [6.07, 6.45) is 1.71. The summed E-state index contributed by atoms with van der Waals surface area (Å²) in [6.45, 7) is 3.06. The average Bonchev–Trinajstić information content (AvgIpc) is 2.48. The number of nitro benzene ring substituents is 1. The lowest BCUT2D eigenvalue weighted by Crippen LogP contribution is -2.19. The highest BCUT2D eigenvalue weighted by Gasteiger charge is 2.22. The Morgan fingerprint density at radius 3 is 2.71 bits per heavy atom. The van der Waals surface area contributed by atoms with Crippen LogP contribution < -0.4 is 10.2 Å². The topological polar surface area (TPSA) is 71.3 Å². The number of pyridine rings is 1. The minimum absolute atomic E-state index is 0.0952. The molecule has 1 aromatic heterocycles. The Kier molecular flexibility index (Phi) is 4.71. The molecule has 2 aromatic rings. The summed E-state index contributed by atoms with van der Waals surface area (Å²) in [5.74, 6) is 0. The van der Waals surface area contributed by atoms with E-state index in [1.54, 1.807) is 18.3 Å². The molecule has 0 fully saturated rings. The van der Waals surface area contributed by atoms with Crippen LogP contribution in [0.25, 0.3) is 0 Å². The van der Waals surface area contributed by atoms with Crippen LogP contribution in [0.3, 0.4) is 0 Å². The van der Waals surface area contributed by atoms with Crippen molar-refractivity contribution in [3.63, 3.8) is 0 Å². The number of nitro groups is 1. The van der Waals surface area contributed by atoms with Crippen molar-refractivity contribution in [2.24, 2.45) is 0 Å². The van der Waals surface area contributed by atoms with Crippen LogP contribution in [0.4, 0.5) is 17.1 Å². The van der Waals surface area contributed by atoms with Crippen LogP contribution in [0.1, 0.15) is 12.6 Å². The Balaban J connectivity index is 2.34. The predicted octanol–water partition coefficient (Wildman–Crippen LogP) is 3.06. The van der Waals surface area contributed by atoms with Crippen molar-refractivity contribution >= 4 is 17.1 Å². The molecule has 0 atom stereocenters. The highest BCUT2D eigenvalue weighted by molar-refractivity contribution is 5.76. The van der Waals surface area contributed by atoms with Crippen molar-refractivity contribution in [2.45, 2.75) is 13.5 Å². The SMILES string of the molecule is CCNc1cccc(N(C)Cc2ccccn2)c1[N+](=O)[O-]. The van der Waals surface area contributed by atoms with E-state index in [1.165, 1.54) is 0 Å². The minimum atomic E-state index is -0.345. The van der Waals surface area contributed by atoms with Crippen LogP contribution in [-0.4, -0.2) is 23.5 Å². The van der Waals surface area contributed by atoms with E-state index in [0.29, 0.717) is 24.5 Å². The molecule has 6 nitrogen and oxygen atoms in total. The largest absolute Gasteiger partial charge is 0.380 e. The molecule has 21 heavy (non-hydrogen) atoms. The first-order valence-electron chi connectivity index (χ1n) is 6.75. The number of aromatic nitrogens is 1. The molecule has 0 saturated carbocycles. The maximum Gasteiger partial charge on any atom is 0.315 e. The van der Waals surface area contributed by atoms with Crippen LogP contribution in [0.15, 0.2) is 42.6 Å². The Morgan fingerprint density at radius 2 is 2.10 bits per heavy atom. The first-order chi connectivity index (χ1) is 10.1. The summed E-state index contributed by atoms with van der Waals surface area (Å²) in [5.41, 5.74) is 2.07. The summed E-state index contributed by atoms with van der Waals surface area (Å²) in [7, 11) is 1.83. The van der Waals surface area contributed by atoms with Gasteiger partial charge in [-0.05, 0) is 31.2 Å². The highest BCUT2D eigenvalue weighted by atomic mass is 16.6. The van der Waals surface area contributed by atoms with Gasteiger partial charge in [-0.2, -0.15) is 0 Å². The van der Waals surface area contributed by atoms with Crippen LogP contribution in [0.5, 0.6) is 0 Å². The average molecular weight is 286 g/mol. The van der Waals surface area contributed by atoms with E-state index in [-0.39, 0.29) is 10.6 Å². The third-order valence-electron chi connectivity index (χ3n) is 3.10. The van der Waals surface area contributed by atoms with Gasteiger partial charge in [0.1, 0.15) is 11.4 Å². The number of para-hydroxylation sites is 1. The van der Waals surface area contributed by atoms with Gasteiger partial charge in [0.25, 0.3) is 0 Å². The third-order valence-corrected chi connectivity index (χ3v) is 3.10. The molecule has 0 radical (unpaired) electrons. The molecule has 0 saturated heterocycles. The van der Waals surface area contributed by atoms with E-state index >= 15 is 0 Å². The van der Waals surface area contributed by atoms with Gasteiger partial charge in [0.05, 0.1) is 17.2 Å².